The van der Waals surface area contributed by atoms with E-state index in [-0.39, 0.29) is 0 Å². The Hall–Kier alpha value is -3.29. The van der Waals surface area contributed by atoms with E-state index < -0.39 is 6.17 Å². The van der Waals surface area contributed by atoms with Crippen molar-refractivity contribution in [1.82, 2.24) is 29.5 Å². The summed E-state index contributed by atoms with van der Waals surface area (Å²) in [5, 5.41) is 10.1. The van der Waals surface area contributed by atoms with E-state index in [9.17, 15) is 4.39 Å². The number of hydrogen-bond acceptors (Lipinski definition) is 5. The van der Waals surface area contributed by atoms with Crippen molar-refractivity contribution in [2.24, 2.45) is 14.1 Å². The second kappa shape index (κ2) is 6.35. The lowest BCUT2D eigenvalue weighted by Gasteiger charge is -2.35. The lowest BCUT2D eigenvalue weighted by atomic mass is 10.0. The van der Waals surface area contributed by atoms with E-state index in [1.165, 1.54) is 24.7 Å². The minimum Gasteiger partial charge on any atom is -0.350 e. The fraction of sp³-hybridized carbons (Fsp3) is 0.364. The highest BCUT2D eigenvalue weighted by Gasteiger charge is 2.31. The van der Waals surface area contributed by atoms with Crippen LogP contribution in [0.1, 0.15) is 24.3 Å². The van der Waals surface area contributed by atoms with E-state index in [2.05, 4.69) is 39.3 Å². The fourth-order valence-electron chi connectivity index (χ4n) is 4.38. The zero-order valence-corrected chi connectivity index (χ0v) is 17.0. The fourth-order valence-corrected chi connectivity index (χ4v) is 4.38. The Balaban J connectivity index is 1.52. The van der Waals surface area contributed by atoms with Crippen LogP contribution in [0.5, 0.6) is 0 Å². The van der Waals surface area contributed by atoms with Crippen LogP contribution in [0.2, 0.25) is 0 Å². The van der Waals surface area contributed by atoms with E-state index in [1.807, 2.05) is 29.9 Å². The molecule has 1 aromatic carbocycles. The molecule has 0 unspecified atom stereocenters. The highest BCUT2D eigenvalue weighted by molar-refractivity contribution is 6.02. The highest BCUT2D eigenvalue weighted by Crippen LogP contribution is 2.42. The summed E-state index contributed by atoms with van der Waals surface area (Å²) >= 11 is 0. The molecule has 30 heavy (non-hydrogen) atoms. The number of hydrogen-bond donors (Lipinski definition) is 0. The van der Waals surface area contributed by atoms with Crippen molar-refractivity contribution in [3.63, 3.8) is 0 Å². The monoisotopic (exact) mass is 403 g/mol. The summed E-state index contributed by atoms with van der Waals surface area (Å²) in [7, 11) is 3.82. The second-order valence-electron chi connectivity index (χ2n) is 8.30. The van der Waals surface area contributed by atoms with E-state index in [4.69, 9.17) is 5.10 Å². The topological polar surface area (TPSA) is 64.7 Å². The Morgan fingerprint density at radius 1 is 1.00 bits per heavy atom. The Kier molecular flexibility index (Phi) is 3.72. The van der Waals surface area contributed by atoms with Gasteiger partial charge in [-0.1, -0.05) is 24.3 Å². The van der Waals surface area contributed by atoms with Gasteiger partial charge in [-0.2, -0.15) is 10.2 Å². The molecular weight excluding hydrogens is 381 g/mol. The molecule has 2 fully saturated rings. The number of halogens is 1. The largest absolute Gasteiger partial charge is 0.350 e. The maximum atomic E-state index is 13.5. The first-order valence-electron chi connectivity index (χ1n) is 10.3. The molecule has 0 radical (unpaired) electrons. The van der Waals surface area contributed by atoms with Gasteiger partial charge < -0.3 is 4.90 Å². The van der Waals surface area contributed by atoms with Gasteiger partial charge in [0.1, 0.15) is 24.0 Å². The molecule has 0 bridgehead atoms. The maximum absolute atomic E-state index is 13.5. The van der Waals surface area contributed by atoms with Crippen molar-refractivity contribution >= 4 is 16.9 Å². The molecule has 3 aromatic heterocycles. The number of aryl methyl sites for hydroxylation is 2. The van der Waals surface area contributed by atoms with E-state index in [0.717, 1.165) is 45.3 Å². The lowest BCUT2D eigenvalue weighted by molar-refractivity contribution is 0.274. The zero-order valence-electron chi connectivity index (χ0n) is 17.0. The average molecular weight is 403 g/mol. The first-order chi connectivity index (χ1) is 14.6. The Morgan fingerprint density at radius 3 is 2.47 bits per heavy atom. The van der Waals surface area contributed by atoms with Gasteiger partial charge in [0.15, 0.2) is 5.65 Å². The molecule has 1 aliphatic carbocycles. The quantitative estimate of drug-likeness (QED) is 0.522. The van der Waals surface area contributed by atoms with Crippen LogP contribution < -0.4 is 4.90 Å². The normalized spacial score (nSPS) is 17.0. The summed E-state index contributed by atoms with van der Waals surface area (Å²) in [4.78, 5) is 10.9. The molecule has 2 aliphatic rings. The van der Waals surface area contributed by atoms with Crippen LogP contribution in [0.3, 0.4) is 0 Å². The third-order valence-corrected chi connectivity index (χ3v) is 6.16. The predicted octanol–water partition coefficient (Wildman–Crippen LogP) is 3.47. The number of anilines is 1. The average Bonchev–Trinajstić information content (AvgIpc) is 3.44. The van der Waals surface area contributed by atoms with Crippen LogP contribution in [0.25, 0.3) is 33.5 Å². The summed E-state index contributed by atoms with van der Waals surface area (Å²) in [6.07, 6.45) is 5.13. The Bertz CT molecular complexity index is 1250. The van der Waals surface area contributed by atoms with Gasteiger partial charge in [-0.15, -0.1) is 0 Å². The Labute approximate surface area is 173 Å². The van der Waals surface area contributed by atoms with Crippen LogP contribution in [-0.4, -0.2) is 48.8 Å². The standard InChI is InChI=1S/C22H22FN7/c1-28-20(15-7-5-14(6-8-15)13-3-4-13)17(9-26-28)19-18-21(29(2)27-19)24-12-25-22(18)30-10-16(23)11-30/h5-9,12-13,16H,3-4,10-11H2,1-2H3. The minimum atomic E-state index is -0.811. The van der Waals surface area contributed by atoms with Crippen LogP contribution in [0.4, 0.5) is 10.2 Å². The van der Waals surface area contributed by atoms with Gasteiger partial charge in [0.25, 0.3) is 0 Å². The minimum absolute atomic E-state index is 0.350. The third kappa shape index (κ3) is 2.63. The molecule has 152 valence electrons. The summed E-state index contributed by atoms with van der Waals surface area (Å²) < 4.78 is 17.2. The molecule has 4 heterocycles. The van der Waals surface area contributed by atoms with Crippen molar-refractivity contribution < 1.29 is 4.39 Å². The van der Waals surface area contributed by atoms with Gasteiger partial charge in [-0.3, -0.25) is 4.68 Å². The van der Waals surface area contributed by atoms with Gasteiger partial charge in [0.2, 0.25) is 0 Å². The molecule has 7 nitrogen and oxygen atoms in total. The molecule has 4 aromatic rings. The molecule has 0 spiro atoms. The zero-order chi connectivity index (χ0) is 20.4. The van der Waals surface area contributed by atoms with E-state index >= 15 is 0 Å². The number of aromatic nitrogens is 6. The first-order valence-corrected chi connectivity index (χ1v) is 10.3. The van der Waals surface area contributed by atoms with Crippen molar-refractivity contribution in [1.29, 1.82) is 0 Å². The summed E-state index contributed by atoms with van der Waals surface area (Å²) in [5.41, 5.74) is 5.94. The maximum Gasteiger partial charge on any atom is 0.163 e. The molecule has 8 heteroatoms. The van der Waals surface area contributed by atoms with Gasteiger partial charge in [-0.25, -0.2) is 19.0 Å². The number of nitrogens with zero attached hydrogens (tertiary/aromatic N) is 7. The van der Waals surface area contributed by atoms with Crippen LogP contribution in [0.15, 0.2) is 36.8 Å². The van der Waals surface area contributed by atoms with Gasteiger partial charge in [0, 0.05) is 25.2 Å². The predicted molar refractivity (Wildman–Crippen MR) is 113 cm³/mol. The van der Waals surface area contributed by atoms with Gasteiger partial charge in [0.05, 0.1) is 30.4 Å². The van der Waals surface area contributed by atoms with Crippen molar-refractivity contribution in [3.8, 4) is 22.5 Å². The number of alkyl halides is 1. The van der Waals surface area contributed by atoms with Crippen molar-refractivity contribution in [2.75, 3.05) is 18.0 Å². The molecule has 6 rings (SSSR count). The van der Waals surface area contributed by atoms with E-state index in [1.54, 1.807) is 4.68 Å². The highest BCUT2D eigenvalue weighted by atomic mass is 19.1. The number of fused-ring (bicyclic) bond motifs is 1. The molecular formula is C22H22FN7. The summed E-state index contributed by atoms with van der Waals surface area (Å²) in [6, 6.07) is 8.77. The summed E-state index contributed by atoms with van der Waals surface area (Å²) in [5.74, 6) is 1.45. The SMILES string of the molecule is Cn1ncc(-c2nn(C)c3ncnc(N4CC(F)C4)c23)c1-c1ccc(C2CC2)cc1. The number of benzene rings is 1. The Morgan fingerprint density at radius 2 is 1.77 bits per heavy atom. The van der Waals surface area contributed by atoms with Crippen molar-refractivity contribution in [3.05, 3.63) is 42.4 Å². The first kappa shape index (κ1) is 17.6. The smallest absolute Gasteiger partial charge is 0.163 e. The molecule has 0 atom stereocenters. The van der Waals surface area contributed by atoms with E-state index in [0.29, 0.717) is 13.1 Å². The number of rotatable bonds is 4. The molecule has 1 saturated carbocycles. The molecule has 1 saturated heterocycles. The summed E-state index contributed by atoms with van der Waals surface area (Å²) in [6.45, 7) is 0.700. The molecule has 0 amide bonds. The third-order valence-electron chi connectivity index (χ3n) is 6.16. The van der Waals surface area contributed by atoms with Gasteiger partial charge >= 0.3 is 0 Å². The molecule has 0 N–H and O–H groups in total. The molecule has 1 aliphatic heterocycles. The lowest BCUT2D eigenvalue weighted by Crippen LogP contribution is -2.48. The van der Waals surface area contributed by atoms with Crippen LogP contribution in [0, 0.1) is 0 Å². The van der Waals surface area contributed by atoms with Gasteiger partial charge in [-0.05, 0) is 24.3 Å². The van der Waals surface area contributed by atoms with Crippen LogP contribution >= 0.6 is 0 Å². The van der Waals surface area contributed by atoms with Crippen molar-refractivity contribution in [2.45, 2.75) is 24.9 Å². The van der Waals surface area contributed by atoms with Crippen LogP contribution in [-0.2, 0) is 14.1 Å². The second-order valence-corrected chi connectivity index (χ2v) is 8.30.